The summed E-state index contributed by atoms with van der Waals surface area (Å²) in [5.74, 6) is -2.79. The number of hydrogen-bond donors (Lipinski definition) is 0. The van der Waals surface area contributed by atoms with Gasteiger partial charge in [0.25, 0.3) is 14.9 Å². The highest BCUT2D eigenvalue weighted by Crippen LogP contribution is 2.31. The number of rotatable bonds is 3. The molecule has 0 atom stereocenters. The molecule has 0 fully saturated rings. The Morgan fingerprint density at radius 1 is 1.26 bits per heavy atom. The van der Waals surface area contributed by atoms with Crippen LogP contribution in [0.5, 0.6) is 0 Å². The Hall–Kier alpha value is -1.68. The molecule has 11 heteroatoms. The van der Waals surface area contributed by atoms with Crippen LogP contribution in [0.1, 0.15) is 31.2 Å². The summed E-state index contributed by atoms with van der Waals surface area (Å²) in [5, 5.41) is 3.11. The van der Waals surface area contributed by atoms with E-state index in [1.165, 1.54) is 0 Å². The van der Waals surface area contributed by atoms with Gasteiger partial charge in [-0.05, 0) is 23.6 Å². The molecule has 1 aromatic carbocycles. The maximum atomic E-state index is 14.2. The fourth-order valence-corrected chi connectivity index (χ4v) is 3.13. The minimum atomic E-state index is -4.80. The molecule has 0 N–H and O–H groups in total. The van der Waals surface area contributed by atoms with E-state index in [2.05, 4.69) is 10.1 Å². The van der Waals surface area contributed by atoms with E-state index < -0.39 is 37.5 Å². The first-order chi connectivity index (χ1) is 10.4. The number of halogens is 5. The fourth-order valence-electron chi connectivity index (χ4n) is 1.90. The van der Waals surface area contributed by atoms with E-state index in [9.17, 15) is 26.0 Å². The molecule has 0 bridgehead atoms. The van der Waals surface area contributed by atoms with Gasteiger partial charge >= 0.3 is 6.18 Å². The Morgan fingerprint density at radius 2 is 1.87 bits per heavy atom. The van der Waals surface area contributed by atoms with Gasteiger partial charge in [-0.3, -0.25) is 0 Å². The highest BCUT2D eigenvalue weighted by molar-refractivity contribution is 8.13. The molecule has 5 nitrogen and oxygen atoms in total. The molecule has 0 aliphatic rings. The number of benzene rings is 1. The SMILES string of the molecule is CC(C)c1cc(F)c(-n2cnc(C(F)(F)F)n2)cc1S(=O)(=O)Cl. The van der Waals surface area contributed by atoms with E-state index in [-0.39, 0.29) is 11.5 Å². The van der Waals surface area contributed by atoms with Crippen molar-refractivity contribution in [1.29, 1.82) is 0 Å². The normalized spacial score (nSPS) is 12.9. The minimum absolute atomic E-state index is 0.109. The largest absolute Gasteiger partial charge is 0.453 e. The van der Waals surface area contributed by atoms with Gasteiger partial charge in [-0.25, -0.2) is 22.5 Å². The smallest absolute Gasteiger partial charge is 0.217 e. The van der Waals surface area contributed by atoms with Gasteiger partial charge in [0, 0.05) is 10.7 Å². The van der Waals surface area contributed by atoms with Crippen molar-refractivity contribution in [3.8, 4) is 5.69 Å². The predicted molar refractivity (Wildman–Crippen MR) is 73.4 cm³/mol. The van der Waals surface area contributed by atoms with Crippen molar-refractivity contribution >= 4 is 19.7 Å². The van der Waals surface area contributed by atoms with E-state index >= 15 is 0 Å². The van der Waals surface area contributed by atoms with E-state index in [0.29, 0.717) is 11.0 Å². The first-order valence-electron chi connectivity index (χ1n) is 6.18. The Balaban J connectivity index is 2.67. The molecule has 0 spiro atoms. The molecule has 1 heterocycles. The monoisotopic (exact) mass is 371 g/mol. The van der Waals surface area contributed by atoms with Crippen molar-refractivity contribution in [2.45, 2.75) is 30.8 Å². The molecule has 0 aliphatic carbocycles. The van der Waals surface area contributed by atoms with Crippen LogP contribution in [0.4, 0.5) is 17.6 Å². The summed E-state index contributed by atoms with van der Waals surface area (Å²) in [7, 11) is 1.10. The molecular formula is C12H10ClF4N3O2S. The van der Waals surface area contributed by atoms with Crippen LogP contribution >= 0.6 is 10.7 Å². The molecule has 0 radical (unpaired) electrons. The van der Waals surface area contributed by atoms with Gasteiger partial charge in [0.2, 0.25) is 0 Å². The van der Waals surface area contributed by atoms with Gasteiger partial charge in [0.05, 0.1) is 4.90 Å². The van der Waals surface area contributed by atoms with Gasteiger partial charge in [-0.15, -0.1) is 5.10 Å². The summed E-state index contributed by atoms with van der Waals surface area (Å²) in [6.45, 7) is 3.24. The minimum Gasteiger partial charge on any atom is -0.217 e. The van der Waals surface area contributed by atoms with Crippen molar-refractivity contribution in [2.75, 3.05) is 0 Å². The average Bonchev–Trinajstić information content (AvgIpc) is 2.86. The maximum absolute atomic E-state index is 14.2. The van der Waals surface area contributed by atoms with E-state index in [1.54, 1.807) is 13.8 Å². The lowest BCUT2D eigenvalue weighted by molar-refractivity contribution is -0.144. The van der Waals surface area contributed by atoms with E-state index in [0.717, 1.165) is 12.1 Å². The molecule has 0 aliphatic heterocycles. The van der Waals surface area contributed by atoms with E-state index in [1.807, 2.05) is 0 Å². The molecule has 1 aromatic heterocycles. The van der Waals surface area contributed by atoms with Gasteiger partial charge in [-0.1, -0.05) is 13.8 Å². The van der Waals surface area contributed by atoms with Gasteiger partial charge in [0.1, 0.15) is 17.8 Å². The van der Waals surface area contributed by atoms with Crippen LogP contribution < -0.4 is 0 Å². The van der Waals surface area contributed by atoms with Crippen LogP contribution in [-0.4, -0.2) is 23.2 Å². The first-order valence-corrected chi connectivity index (χ1v) is 8.49. The molecule has 126 valence electrons. The summed E-state index contributed by atoms with van der Waals surface area (Å²) >= 11 is 0. The van der Waals surface area contributed by atoms with Gasteiger partial charge < -0.3 is 0 Å². The zero-order chi connectivity index (χ0) is 17.6. The van der Waals surface area contributed by atoms with Gasteiger partial charge in [-0.2, -0.15) is 13.2 Å². The molecule has 2 rings (SSSR count). The Bertz CT molecular complexity index is 846. The molecule has 0 unspecified atom stereocenters. The van der Waals surface area contributed by atoms with Crippen LogP contribution in [0.2, 0.25) is 0 Å². The Kier molecular flexibility index (Phi) is 4.42. The topological polar surface area (TPSA) is 64.8 Å². The van der Waals surface area contributed by atoms with Crippen molar-refractivity contribution in [2.24, 2.45) is 0 Å². The van der Waals surface area contributed by atoms with Gasteiger partial charge in [0.15, 0.2) is 0 Å². The molecule has 23 heavy (non-hydrogen) atoms. The molecule has 0 saturated carbocycles. The fraction of sp³-hybridized carbons (Fsp3) is 0.333. The Labute approximate surface area is 133 Å². The van der Waals surface area contributed by atoms with Crippen molar-refractivity contribution < 1.29 is 26.0 Å². The number of nitrogens with zero attached hydrogens (tertiary/aromatic N) is 3. The van der Waals surface area contributed by atoms with Crippen molar-refractivity contribution in [3.05, 3.63) is 35.7 Å². The molecule has 0 saturated heterocycles. The average molecular weight is 372 g/mol. The second-order valence-electron chi connectivity index (χ2n) is 4.94. The molecule has 0 amide bonds. The third-order valence-electron chi connectivity index (χ3n) is 2.96. The van der Waals surface area contributed by atoms with Crippen LogP contribution in [-0.2, 0) is 15.2 Å². The molecule has 2 aromatic rings. The third-order valence-corrected chi connectivity index (χ3v) is 4.33. The van der Waals surface area contributed by atoms with Crippen LogP contribution in [0, 0.1) is 5.82 Å². The summed E-state index contributed by atoms with van der Waals surface area (Å²) < 4.78 is 75.5. The summed E-state index contributed by atoms with van der Waals surface area (Å²) in [5.41, 5.74) is -0.394. The quantitative estimate of drug-likeness (QED) is 0.612. The maximum Gasteiger partial charge on any atom is 0.453 e. The standard InChI is InChI=1S/C12H10ClF4N3O2S/c1-6(2)7-3-8(14)9(4-10(7)23(13,21)22)20-5-18-11(19-20)12(15,16)17/h3-6H,1-2H3. The summed E-state index contributed by atoms with van der Waals surface area (Å²) in [4.78, 5) is 2.64. The van der Waals surface area contributed by atoms with Crippen LogP contribution in [0.15, 0.2) is 23.4 Å². The lowest BCUT2D eigenvalue weighted by atomic mass is 10.0. The zero-order valence-electron chi connectivity index (χ0n) is 11.8. The van der Waals surface area contributed by atoms with Crippen molar-refractivity contribution in [1.82, 2.24) is 14.8 Å². The Morgan fingerprint density at radius 3 is 2.30 bits per heavy atom. The lowest BCUT2D eigenvalue weighted by Gasteiger charge is -2.13. The number of hydrogen-bond acceptors (Lipinski definition) is 4. The second kappa shape index (κ2) is 5.75. The van der Waals surface area contributed by atoms with E-state index in [4.69, 9.17) is 10.7 Å². The summed E-state index contributed by atoms with van der Waals surface area (Å²) in [6, 6.07) is 1.74. The highest BCUT2D eigenvalue weighted by atomic mass is 35.7. The second-order valence-corrected chi connectivity index (χ2v) is 7.48. The number of alkyl halides is 3. The lowest BCUT2D eigenvalue weighted by Crippen LogP contribution is -2.10. The third kappa shape index (κ3) is 3.63. The van der Waals surface area contributed by atoms with Crippen molar-refractivity contribution in [3.63, 3.8) is 0 Å². The number of aromatic nitrogens is 3. The highest BCUT2D eigenvalue weighted by Gasteiger charge is 2.36. The van der Waals surface area contributed by atoms with Crippen LogP contribution in [0.3, 0.4) is 0 Å². The zero-order valence-corrected chi connectivity index (χ0v) is 13.3. The first kappa shape index (κ1) is 17.7. The molecular weight excluding hydrogens is 362 g/mol. The summed E-state index contributed by atoms with van der Waals surface area (Å²) in [6.07, 6.45) is -4.16. The van der Waals surface area contributed by atoms with Crippen LogP contribution in [0.25, 0.3) is 5.69 Å². The predicted octanol–water partition coefficient (Wildman–Crippen LogP) is 3.48.